The number of rotatable bonds is 7. The molecule has 2 aromatic carbocycles. The van der Waals surface area contributed by atoms with E-state index in [1.54, 1.807) is 30.3 Å². The average Bonchev–Trinajstić information content (AvgIpc) is 3.16. The van der Waals surface area contributed by atoms with Gasteiger partial charge in [0.15, 0.2) is 0 Å². The number of hydrogen-bond donors (Lipinski definition) is 2. The van der Waals surface area contributed by atoms with Gasteiger partial charge in [0, 0.05) is 12.3 Å². The summed E-state index contributed by atoms with van der Waals surface area (Å²) in [7, 11) is 0. The Bertz CT molecular complexity index is 747. The zero-order chi connectivity index (χ0) is 18.4. The Kier molecular flexibility index (Phi) is 6.61. The van der Waals surface area contributed by atoms with Crippen LogP contribution < -0.4 is 15.4 Å². The first-order valence-electron chi connectivity index (χ1n) is 8.44. The van der Waals surface area contributed by atoms with Crippen LogP contribution in [-0.2, 0) is 9.53 Å². The maximum atomic E-state index is 12.1. The fraction of sp³-hybridized carbons (Fsp3) is 0.316. The van der Waals surface area contributed by atoms with Crippen LogP contribution in [0.1, 0.15) is 12.8 Å². The van der Waals surface area contributed by atoms with Crippen LogP contribution in [0.25, 0.3) is 0 Å². The molecule has 0 aliphatic carbocycles. The van der Waals surface area contributed by atoms with E-state index in [0.717, 1.165) is 25.2 Å². The Morgan fingerprint density at radius 1 is 1.19 bits per heavy atom. The number of halogens is 2. The summed E-state index contributed by atoms with van der Waals surface area (Å²) in [6, 6.07) is 12.5. The quantitative estimate of drug-likeness (QED) is 0.719. The van der Waals surface area contributed by atoms with Gasteiger partial charge in [-0.25, -0.2) is 0 Å². The summed E-state index contributed by atoms with van der Waals surface area (Å²) >= 11 is 12.0. The predicted molar refractivity (Wildman–Crippen MR) is 104 cm³/mol. The molecule has 2 aromatic rings. The monoisotopic (exact) mass is 394 g/mol. The number of anilines is 2. The van der Waals surface area contributed by atoms with Crippen molar-refractivity contribution in [3.63, 3.8) is 0 Å². The van der Waals surface area contributed by atoms with Crippen LogP contribution in [0.3, 0.4) is 0 Å². The summed E-state index contributed by atoms with van der Waals surface area (Å²) in [5.74, 6) is 0.566. The predicted octanol–water partition coefficient (Wildman–Crippen LogP) is 4.60. The summed E-state index contributed by atoms with van der Waals surface area (Å²) in [5, 5.41) is 6.62. The van der Waals surface area contributed by atoms with Crippen LogP contribution in [0.5, 0.6) is 5.75 Å². The number of amides is 1. The summed E-state index contributed by atoms with van der Waals surface area (Å²) < 4.78 is 11.2. The lowest BCUT2D eigenvalue weighted by molar-refractivity contribution is -0.114. The average molecular weight is 395 g/mol. The molecule has 0 spiro atoms. The van der Waals surface area contributed by atoms with Crippen LogP contribution >= 0.6 is 23.2 Å². The summed E-state index contributed by atoms with van der Waals surface area (Å²) in [6.07, 6.45) is 2.31. The number of carbonyl (C=O) groups excluding carboxylic acids is 1. The molecule has 0 bridgehead atoms. The molecule has 0 aromatic heterocycles. The zero-order valence-corrected chi connectivity index (χ0v) is 15.6. The van der Waals surface area contributed by atoms with E-state index < -0.39 is 0 Å². The second kappa shape index (κ2) is 9.12. The number of hydrogen-bond acceptors (Lipinski definition) is 4. The van der Waals surface area contributed by atoms with Gasteiger partial charge in [0.05, 0.1) is 28.4 Å². The smallest absolute Gasteiger partial charge is 0.243 e. The molecule has 1 fully saturated rings. The third-order valence-corrected chi connectivity index (χ3v) is 4.81. The number of carbonyl (C=O) groups is 1. The highest BCUT2D eigenvalue weighted by molar-refractivity contribution is 6.43. The Hall–Kier alpha value is -1.95. The van der Waals surface area contributed by atoms with Crippen molar-refractivity contribution < 1.29 is 14.3 Å². The molecular formula is C19H20Cl2N2O3. The van der Waals surface area contributed by atoms with E-state index in [1.165, 1.54) is 0 Å². The van der Waals surface area contributed by atoms with Crippen molar-refractivity contribution in [2.75, 3.05) is 30.4 Å². The van der Waals surface area contributed by atoms with Gasteiger partial charge in [0.2, 0.25) is 5.91 Å². The topological polar surface area (TPSA) is 59.6 Å². The van der Waals surface area contributed by atoms with E-state index in [2.05, 4.69) is 10.6 Å². The Morgan fingerprint density at radius 3 is 2.73 bits per heavy atom. The van der Waals surface area contributed by atoms with Gasteiger partial charge in [-0.05, 0) is 49.2 Å². The van der Waals surface area contributed by atoms with Gasteiger partial charge < -0.3 is 20.1 Å². The molecule has 1 saturated heterocycles. The lowest BCUT2D eigenvalue weighted by Gasteiger charge is -2.12. The molecular weight excluding hydrogens is 375 g/mol. The fourth-order valence-corrected chi connectivity index (χ4v) is 2.99. The van der Waals surface area contributed by atoms with E-state index in [0.29, 0.717) is 28.0 Å². The second-order valence-electron chi connectivity index (χ2n) is 5.97. The van der Waals surface area contributed by atoms with Gasteiger partial charge in [0.1, 0.15) is 12.4 Å². The second-order valence-corrected chi connectivity index (χ2v) is 6.76. The van der Waals surface area contributed by atoms with E-state index >= 15 is 0 Å². The first kappa shape index (κ1) is 18.8. The Labute approximate surface area is 162 Å². The van der Waals surface area contributed by atoms with Gasteiger partial charge in [0.25, 0.3) is 0 Å². The molecule has 0 radical (unpaired) electrons. The minimum absolute atomic E-state index is 0.0807. The minimum atomic E-state index is -0.186. The van der Waals surface area contributed by atoms with E-state index in [4.69, 9.17) is 32.7 Å². The normalized spacial score (nSPS) is 16.3. The summed E-state index contributed by atoms with van der Waals surface area (Å²) in [5.41, 5.74) is 1.31. The molecule has 0 saturated carbocycles. The van der Waals surface area contributed by atoms with Gasteiger partial charge >= 0.3 is 0 Å². The van der Waals surface area contributed by atoms with Crippen LogP contribution in [0.15, 0.2) is 42.5 Å². The third-order valence-electron chi connectivity index (χ3n) is 3.99. The summed E-state index contributed by atoms with van der Waals surface area (Å²) in [4.78, 5) is 12.1. The first-order chi connectivity index (χ1) is 12.6. The van der Waals surface area contributed by atoms with Gasteiger partial charge in [-0.15, -0.1) is 0 Å². The van der Waals surface area contributed by atoms with E-state index in [9.17, 15) is 4.79 Å². The highest BCUT2D eigenvalue weighted by Crippen LogP contribution is 2.29. The molecule has 2 N–H and O–H groups in total. The largest absolute Gasteiger partial charge is 0.491 e. The van der Waals surface area contributed by atoms with Crippen LogP contribution in [-0.4, -0.2) is 31.8 Å². The van der Waals surface area contributed by atoms with Crippen molar-refractivity contribution in [1.82, 2.24) is 0 Å². The van der Waals surface area contributed by atoms with Crippen molar-refractivity contribution in [3.05, 3.63) is 52.5 Å². The van der Waals surface area contributed by atoms with Gasteiger partial charge in [-0.3, -0.25) is 4.79 Å². The molecule has 1 amide bonds. The van der Waals surface area contributed by atoms with Crippen molar-refractivity contribution in [3.8, 4) is 5.75 Å². The first-order valence-corrected chi connectivity index (χ1v) is 9.19. The molecule has 1 atom stereocenters. The highest BCUT2D eigenvalue weighted by Gasteiger charge is 2.15. The van der Waals surface area contributed by atoms with Gasteiger partial charge in [-0.2, -0.15) is 0 Å². The third kappa shape index (κ3) is 5.27. The standard InChI is InChI=1S/C19H20Cl2N2O3/c20-16-4-1-5-17(19(16)21)22-11-18(24)23-13-6-8-14(9-7-13)26-12-15-3-2-10-25-15/h1,4-9,15,22H,2-3,10-12H2,(H,23,24). The Balaban J connectivity index is 1.45. The van der Waals surface area contributed by atoms with E-state index in [1.807, 2.05) is 12.1 Å². The number of benzene rings is 2. The molecule has 5 nitrogen and oxygen atoms in total. The molecule has 1 unspecified atom stereocenters. The molecule has 3 rings (SSSR count). The van der Waals surface area contributed by atoms with Crippen molar-refractivity contribution in [2.24, 2.45) is 0 Å². The van der Waals surface area contributed by atoms with Crippen molar-refractivity contribution >= 4 is 40.5 Å². The molecule has 7 heteroatoms. The molecule has 1 aliphatic rings. The number of ether oxygens (including phenoxy) is 2. The SMILES string of the molecule is O=C(CNc1cccc(Cl)c1Cl)Nc1ccc(OCC2CCCO2)cc1. The maximum absolute atomic E-state index is 12.1. The van der Waals surface area contributed by atoms with Crippen molar-refractivity contribution in [2.45, 2.75) is 18.9 Å². The summed E-state index contributed by atoms with van der Waals surface area (Å²) in [6.45, 7) is 1.45. The number of nitrogens with one attached hydrogen (secondary N) is 2. The van der Waals surface area contributed by atoms with Gasteiger partial charge in [-0.1, -0.05) is 29.3 Å². The molecule has 1 heterocycles. The lowest BCUT2D eigenvalue weighted by atomic mass is 10.2. The lowest BCUT2D eigenvalue weighted by Crippen LogP contribution is -2.21. The Morgan fingerprint density at radius 2 is 2.00 bits per heavy atom. The van der Waals surface area contributed by atoms with Crippen LogP contribution in [0.4, 0.5) is 11.4 Å². The van der Waals surface area contributed by atoms with E-state index in [-0.39, 0.29) is 18.6 Å². The highest BCUT2D eigenvalue weighted by atomic mass is 35.5. The van der Waals surface area contributed by atoms with Crippen LogP contribution in [0, 0.1) is 0 Å². The zero-order valence-electron chi connectivity index (χ0n) is 14.1. The fourth-order valence-electron chi connectivity index (χ4n) is 2.62. The van der Waals surface area contributed by atoms with Crippen molar-refractivity contribution in [1.29, 1.82) is 0 Å². The molecule has 1 aliphatic heterocycles. The van der Waals surface area contributed by atoms with Crippen LogP contribution in [0.2, 0.25) is 10.0 Å². The molecule has 26 heavy (non-hydrogen) atoms. The minimum Gasteiger partial charge on any atom is -0.491 e. The maximum Gasteiger partial charge on any atom is 0.243 e. The molecule has 138 valence electrons.